The minimum atomic E-state index is -0.291. The monoisotopic (exact) mass is 418 g/mol. The third-order valence-corrected chi connectivity index (χ3v) is 5.61. The molecule has 0 spiro atoms. The van der Waals surface area contributed by atoms with E-state index in [1.54, 1.807) is 19.0 Å². The van der Waals surface area contributed by atoms with Crippen molar-refractivity contribution in [3.63, 3.8) is 0 Å². The highest BCUT2D eigenvalue weighted by Gasteiger charge is 2.23. The summed E-state index contributed by atoms with van der Waals surface area (Å²) in [4.78, 5) is 18.7. The molecule has 0 saturated heterocycles. The van der Waals surface area contributed by atoms with Gasteiger partial charge in [-0.15, -0.1) is 0 Å². The van der Waals surface area contributed by atoms with Crippen LogP contribution in [0.1, 0.15) is 64.3 Å². The van der Waals surface area contributed by atoms with Crippen molar-refractivity contribution in [1.29, 1.82) is 0 Å². The molecule has 0 unspecified atom stereocenters. The Balaban J connectivity index is 2.15. The maximum absolute atomic E-state index is 12.4. The molecule has 5 N–H and O–H groups in total. The van der Waals surface area contributed by atoms with Crippen molar-refractivity contribution < 1.29 is 9.53 Å². The second-order valence-corrected chi connectivity index (χ2v) is 9.02. The van der Waals surface area contributed by atoms with E-state index in [4.69, 9.17) is 16.3 Å². The van der Waals surface area contributed by atoms with E-state index in [-0.39, 0.29) is 24.2 Å². The van der Waals surface area contributed by atoms with Crippen LogP contribution in [-0.4, -0.2) is 53.2 Å². The molecule has 1 fully saturated rings. The number of nitrogens with one attached hydrogen (secondary N) is 1. The molecule has 2 rings (SSSR count). The summed E-state index contributed by atoms with van der Waals surface area (Å²) in [5.74, 6) is 6.79. The molecule has 0 aliphatic heterocycles. The van der Waals surface area contributed by atoms with Crippen LogP contribution in [0.25, 0.3) is 5.70 Å². The van der Waals surface area contributed by atoms with Gasteiger partial charge < -0.3 is 25.7 Å². The van der Waals surface area contributed by atoms with Gasteiger partial charge in [0, 0.05) is 19.6 Å². The van der Waals surface area contributed by atoms with Gasteiger partial charge in [0.25, 0.3) is 0 Å². The quantitative estimate of drug-likeness (QED) is 0.484. The van der Waals surface area contributed by atoms with Gasteiger partial charge in [-0.05, 0) is 65.5 Å². The number of hydrogen-bond donors (Lipinski definition) is 3. The number of rotatable bonds is 6. The lowest BCUT2D eigenvalue weighted by Crippen LogP contribution is -2.49. The van der Waals surface area contributed by atoms with E-state index in [1.807, 2.05) is 39.8 Å². The lowest BCUT2D eigenvalue weighted by Gasteiger charge is -2.32. The molecule has 8 nitrogen and oxygen atoms in total. The summed E-state index contributed by atoms with van der Waals surface area (Å²) in [7, 11) is 3.44. The minimum absolute atomic E-state index is 0.194. The smallest absolute Gasteiger partial charge is 0.317 e. The molecule has 0 bridgehead atoms. The first kappa shape index (κ1) is 23.8. The Morgan fingerprint density at radius 2 is 1.87 bits per heavy atom. The number of pyridine rings is 1. The Morgan fingerprint density at radius 3 is 2.40 bits per heavy atom. The number of likely N-dealkylation sites (N-methyl/N-ethyl adjacent to an activating group) is 1. The van der Waals surface area contributed by atoms with E-state index < -0.39 is 0 Å². The van der Waals surface area contributed by atoms with Crippen LogP contribution in [0.2, 0.25) is 0 Å². The van der Waals surface area contributed by atoms with Gasteiger partial charge in [-0.1, -0.05) is 6.42 Å². The van der Waals surface area contributed by atoms with Crippen molar-refractivity contribution in [2.45, 2.75) is 71.4 Å². The first-order valence-corrected chi connectivity index (χ1v) is 10.6. The maximum Gasteiger partial charge on any atom is 0.317 e. The number of hydrazine groups is 1. The second kappa shape index (κ2) is 10.0. The number of ether oxygens (including phenoxy) is 1. The molecule has 0 aromatic carbocycles. The number of urea groups is 1. The summed E-state index contributed by atoms with van der Waals surface area (Å²) in [6.07, 6.45) is 6.16. The summed E-state index contributed by atoms with van der Waals surface area (Å²) < 4.78 is 6.15. The van der Waals surface area contributed by atoms with Crippen LogP contribution in [0.15, 0.2) is 17.8 Å². The fourth-order valence-corrected chi connectivity index (χ4v) is 3.33. The highest BCUT2D eigenvalue weighted by molar-refractivity contribution is 5.75. The predicted molar refractivity (Wildman–Crippen MR) is 120 cm³/mol. The number of amides is 2. The van der Waals surface area contributed by atoms with Crippen LogP contribution >= 0.6 is 0 Å². The lowest BCUT2D eigenvalue weighted by atomic mass is 9.98. The largest absolute Gasteiger partial charge is 0.489 e. The summed E-state index contributed by atoms with van der Waals surface area (Å²) in [5, 5.41) is 4.29. The third-order valence-electron chi connectivity index (χ3n) is 5.61. The van der Waals surface area contributed by atoms with Gasteiger partial charge in [0.05, 0.1) is 35.4 Å². The van der Waals surface area contributed by atoms with Gasteiger partial charge >= 0.3 is 6.03 Å². The number of carbonyl (C=O) groups is 1. The van der Waals surface area contributed by atoms with E-state index in [0.717, 1.165) is 24.3 Å². The van der Waals surface area contributed by atoms with Crippen molar-refractivity contribution in [2.75, 3.05) is 20.6 Å². The lowest BCUT2D eigenvalue weighted by molar-refractivity contribution is 0.153. The van der Waals surface area contributed by atoms with E-state index in [0.29, 0.717) is 17.1 Å². The number of carbonyl (C=O) groups excluding carboxylic acids is 1. The molecule has 1 aliphatic carbocycles. The Morgan fingerprint density at radius 1 is 1.23 bits per heavy atom. The van der Waals surface area contributed by atoms with Crippen LogP contribution in [0.3, 0.4) is 0 Å². The van der Waals surface area contributed by atoms with Crippen LogP contribution in [-0.2, 0) is 0 Å². The highest BCUT2D eigenvalue weighted by atomic mass is 16.5. The summed E-state index contributed by atoms with van der Waals surface area (Å²) in [6.45, 7) is 8.02. The van der Waals surface area contributed by atoms with Crippen LogP contribution in [0.4, 0.5) is 4.79 Å². The molecule has 8 heteroatoms. The SMILES string of the molecule is Cc1nc(/C(N)=C(\CNC(=O)N(C)C(C)(C)C)N(C)N)ccc1OC1CCCCC1. The van der Waals surface area contributed by atoms with Crippen molar-refractivity contribution in [3.8, 4) is 5.75 Å². The zero-order valence-corrected chi connectivity index (χ0v) is 19.3. The van der Waals surface area contributed by atoms with Crippen LogP contribution < -0.4 is 21.6 Å². The number of aryl methyl sites for hydroxylation is 1. The summed E-state index contributed by atoms with van der Waals surface area (Å²) in [6, 6.07) is 3.56. The number of nitrogens with two attached hydrogens (primary N) is 2. The van der Waals surface area contributed by atoms with Gasteiger partial charge in [-0.2, -0.15) is 0 Å². The Bertz CT molecular complexity index is 763. The zero-order valence-electron chi connectivity index (χ0n) is 19.3. The zero-order chi connectivity index (χ0) is 22.5. The van der Waals surface area contributed by atoms with Gasteiger partial charge in [-0.25, -0.2) is 15.6 Å². The Hall–Kier alpha value is -2.48. The molecule has 2 amide bonds. The van der Waals surface area contributed by atoms with E-state index >= 15 is 0 Å². The molecule has 0 radical (unpaired) electrons. The first-order chi connectivity index (χ1) is 14.0. The molecule has 1 saturated carbocycles. The molecular weight excluding hydrogens is 380 g/mol. The van der Waals surface area contributed by atoms with E-state index in [2.05, 4.69) is 10.3 Å². The van der Waals surface area contributed by atoms with Crippen molar-refractivity contribution in [2.24, 2.45) is 11.6 Å². The first-order valence-electron chi connectivity index (χ1n) is 10.6. The summed E-state index contributed by atoms with van der Waals surface area (Å²) in [5.41, 5.74) is 8.49. The van der Waals surface area contributed by atoms with Gasteiger partial charge in [0.15, 0.2) is 0 Å². The third kappa shape index (κ3) is 6.26. The van der Waals surface area contributed by atoms with Gasteiger partial charge in [0.1, 0.15) is 5.75 Å². The number of hydrogen-bond acceptors (Lipinski definition) is 6. The van der Waals surface area contributed by atoms with Gasteiger partial charge in [0.2, 0.25) is 0 Å². The van der Waals surface area contributed by atoms with Crippen molar-refractivity contribution >= 4 is 11.7 Å². The molecule has 0 atom stereocenters. The Kier molecular flexibility index (Phi) is 7.95. The molecule has 1 aromatic rings. The molecule has 168 valence electrons. The molecule has 30 heavy (non-hydrogen) atoms. The van der Waals surface area contributed by atoms with Crippen LogP contribution in [0.5, 0.6) is 5.75 Å². The average molecular weight is 419 g/mol. The molecule has 1 heterocycles. The molecule has 1 aromatic heterocycles. The predicted octanol–water partition coefficient (Wildman–Crippen LogP) is 2.97. The fraction of sp³-hybridized carbons (Fsp3) is 0.636. The normalized spacial score (nSPS) is 16.0. The minimum Gasteiger partial charge on any atom is -0.489 e. The van der Waals surface area contributed by atoms with Crippen molar-refractivity contribution in [3.05, 3.63) is 29.2 Å². The summed E-state index contributed by atoms with van der Waals surface area (Å²) >= 11 is 0. The molecule has 1 aliphatic rings. The van der Waals surface area contributed by atoms with E-state index in [1.165, 1.54) is 24.3 Å². The molecular formula is C22H38N6O2. The fourth-order valence-electron chi connectivity index (χ4n) is 3.33. The van der Waals surface area contributed by atoms with E-state index in [9.17, 15) is 4.79 Å². The van der Waals surface area contributed by atoms with Gasteiger partial charge in [-0.3, -0.25) is 0 Å². The van der Waals surface area contributed by atoms with Crippen LogP contribution in [0, 0.1) is 6.92 Å². The average Bonchev–Trinajstić information content (AvgIpc) is 2.68. The van der Waals surface area contributed by atoms with Crippen molar-refractivity contribution in [1.82, 2.24) is 20.2 Å². The number of nitrogens with zero attached hydrogens (tertiary/aromatic N) is 3. The number of aromatic nitrogens is 1. The second-order valence-electron chi connectivity index (χ2n) is 9.02. The Labute approximate surface area is 180 Å². The highest BCUT2D eigenvalue weighted by Crippen LogP contribution is 2.26. The standard InChI is InChI=1S/C22H38N6O2/c1-15-19(30-16-10-8-7-9-11-16)13-12-17(26-15)20(23)18(28(6)24)14-25-21(29)27(5)22(2,3)4/h12-13,16H,7-11,14,23-24H2,1-6H3,(H,25,29)/b20-18-. The maximum atomic E-state index is 12.4. The topological polar surface area (TPSA) is 110 Å².